The van der Waals surface area contributed by atoms with Crippen molar-refractivity contribution in [1.82, 2.24) is 10.2 Å². The molecule has 0 unspecified atom stereocenters. The number of aromatic nitrogens is 2. The summed E-state index contributed by atoms with van der Waals surface area (Å²) in [7, 11) is 0. The number of nitrogens with one attached hydrogen (secondary N) is 1. The highest BCUT2D eigenvalue weighted by molar-refractivity contribution is 6.03. The second-order valence-corrected chi connectivity index (χ2v) is 6.95. The van der Waals surface area contributed by atoms with Gasteiger partial charge in [-0.15, -0.1) is 10.2 Å². The number of rotatable bonds is 6. The maximum Gasteiger partial charge on any atom is 0.276 e. The largest absolute Gasteiger partial charge is 0.372 e. The predicted molar refractivity (Wildman–Crippen MR) is 111 cm³/mol. The van der Waals surface area contributed by atoms with E-state index < -0.39 is 0 Å². The van der Waals surface area contributed by atoms with E-state index in [1.54, 1.807) is 6.07 Å². The summed E-state index contributed by atoms with van der Waals surface area (Å²) in [4.78, 5) is 17.1. The van der Waals surface area contributed by atoms with Crippen LogP contribution in [-0.4, -0.2) is 42.3 Å². The molecule has 0 bridgehead atoms. The number of carbonyl (C=O) groups excluding carboxylic acids is 1. The van der Waals surface area contributed by atoms with Crippen molar-refractivity contribution in [2.75, 3.05) is 41.3 Å². The van der Waals surface area contributed by atoms with Crippen molar-refractivity contribution in [2.45, 2.75) is 40.0 Å². The number of aryl methyl sites for hydroxylation is 1. The molecule has 0 atom stereocenters. The average Bonchev–Trinajstić information content (AvgIpc) is 2.71. The molecule has 1 amide bonds. The minimum Gasteiger partial charge on any atom is -0.372 e. The van der Waals surface area contributed by atoms with Gasteiger partial charge in [-0.05, 0) is 75.9 Å². The summed E-state index contributed by atoms with van der Waals surface area (Å²) in [6, 6.07) is 9.75. The lowest BCUT2D eigenvalue weighted by Crippen LogP contribution is -2.30. The minimum absolute atomic E-state index is 0.230. The fourth-order valence-corrected chi connectivity index (χ4v) is 3.50. The standard InChI is InChI=1S/C21H29N5O/c1-4-25(5-2)17-9-10-18(16(3)15-17)22-21(27)19-11-12-20(24-23-19)26-13-7-6-8-14-26/h9-12,15H,4-8,13-14H2,1-3H3,(H,22,27). The van der Waals surface area contributed by atoms with Crippen LogP contribution in [0.15, 0.2) is 30.3 Å². The van der Waals surface area contributed by atoms with Gasteiger partial charge in [0, 0.05) is 37.6 Å². The van der Waals surface area contributed by atoms with Crippen molar-refractivity contribution in [3.05, 3.63) is 41.6 Å². The molecule has 3 rings (SSSR count). The maximum atomic E-state index is 12.5. The van der Waals surface area contributed by atoms with Gasteiger partial charge in [0.1, 0.15) is 0 Å². The highest BCUT2D eigenvalue weighted by atomic mass is 16.1. The zero-order chi connectivity index (χ0) is 19.2. The molecule has 27 heavy (non-hydrogen) atoms. The van der Waals surface area contributed by atoms with Crippen LogP contribution < -0.4 is 15.1 Å². The zero-order valence-electron chi connectivity index (χ0n) is 16.5. The summed E-state index contributed by atoms with van der Waals surface area (Å²) in [6.45, 7) is 10.2. The van der Waals surface area contributed by atoms with Gasteiger partial charge < -0.3 is 15.1 Å². The molecule has 1 aliphatic rings. The first-order valence-corrected chi connectivity index (χ1v) is 9.88. The van der Waals surface area contributed by atoms with Crippen molar-refractivity contribution in [1.29, 1.82) is 0 Å². The first-order valence-electron chi connectivity index (χ1n) is 9.88. The Hall–Kier alpha value is -2.63. The van der Waals surface area contributed by atoms with Crippen molar-refractivity contribution < 1.29 is 4.79 Å². The molecule has 0 saturated carbocycles. The topological polar surface area (TPSA) is 61.4 Å². The van der Waals surface area contributed by atoms with Gasteiger partial charge in [-0.1, -0.05) is 0 Å². The Morgan fingerprint density at radius 2 is 1.81 bits per heavy atom. The summed E-state index contributed by atoms with van der Waals surface area (Å²) in [5.41, 5.74) is 3.34. The van der Waals surface area contributed by atoms with E-state index in [4.69, 9.17) is 0 Å². The van der Waals surface area contributed by atoms with Crippen LogP contribution in [0.3, 0.4) is 0 Å². The molecular formula is C21H29N5O. The molecule has 1 saturated heterocycles. The van der Waals surface area contributed by atoms with Crippen molar-refractivity contribution in [3.63, 3.8) is 0 Å². The fraction of sp³-hybridized carbons (Fsp3) is 0.476. The average molecular weight is 367 g/mol. The smallest absolute Gasteiger partial charge is 0.276 e. The quantitative estimate of drug-likeness (QED) is 0.840. The van der Waals surface area contributed by atoms with Crippen LogP contribution in [0.4, 0.5) is 17.2 Å². The molecule has 1 N–H and O–H groups in total. The van der Waals surface area contributed by atoms with E-state index in [0.29, 0.717) is 5.69 Å². The summed E-state index contributed by atoms with van der Waals surface area (Å²) >= 11 is 0. The van der Waals surface area contributed by atoms with Crippen LogP contribution in [0, 0.1) is 6.92 Å². The van der Waals surface area contributed by atoms with Crippen LogP contribution >= 0.6 is 0 Å². The van der Waals surface area contributed by atoms with Crippen LogP contribution in [-0.2, 0) is 0 Å². The number of benzene rings is 1. The summed E-state index contributed by atoms with van der Waals surface area (Å²) in [6.07, 6.45) is 3.65. The molecule has 6 heteroatoms. The van der Waals surface area contributed by atoms with Gasteiger partial charge in [-0.3, -0.25) is 4.79 Å². The van der Waals surface area contributed by atoms with E-state index in [0.717, 1.165) is 43.2 Å². The van der Waals surface area contributed by atoms with Crippen molar-refractivity contribution in [2.24, 2.45) is 0 Å². The van der Waals surface area contributed by atoms with Crippen molar-refractivity contribution in [3.8, 4) is 0 Å². The zero-order valence-corrected chi connectivity index (χ0v) is 16.5. The Kier molecular flexibility index (Phi) is 6.27. The van der Waals surface area contributed by atoms with E-state index >= 15 is 0 Å². The van der Waals surface area contributed by atoms with Crippen molar-refractivity contribution >= 4 is 23.1 Å². The number of nitrogens with zero attached hydrogens (tertiary/aromatic N) is 4. The molecule has 0 spiro atoms. The van der Waals surface area contributed by atoms with Gasteiger partial charge in [0.05, 0.1) is 0 Å². The normalized spacial score (nSPS) is 14.1. The number of hydrogen-bond donors (Lipinski definition) is 1. The second-order valence-electron chi connectivity index (χ2n) is 6.95. The molecule has 0 aliphatic carbocycles. The fourth-order valence-electron chi connectivity index (χ4n) is 3.50. The molecule has 1 aliphatic heterocycles. The molecule has 1 fully saturated rings. The Labute approximate surface area is 161 Å². The monoisotopic (exact) mass is 367 g/mol. The molecule has 144 valence electrons. The highest BCUT2D eigenvalue weighted by Gasteiger charge is 2.15. The molecule has 1 aromatic heterocycles. The summed E-state index contributed by atoms with van der Waals surface area (Å²) in [5.74, 6) is 0.623. The van der Waals surface area contributed by atoms with Gasteiger partial charge in [-0.2, -0.15) is 0 Å². The van der Waals surface area contributed by atoms with E-state index in [2.05, 4.69) is 45.2 Å². The molecule has 6 nitrogen and oxygen atoms in total. The van der Waals surface area contributed by atoms with Gasteiger partial charge >= 0.3 is 0 Å². The van der Waals surface area contributed by atoms with Gasteiger partial charge in [0.15, 0.2) is 11.5 Å². The summed E-state index contributed by atoms with van der Waals surface area (Å²) in [5, 5.41) is 11.3. The third-order valence-electron chi connectivity index (χ3n) is 5.15. The SMILES string of the molecule is CCN(CC)c1ccc(NC(=O)c2ccc(N3CCCCC3)nn2)c(C)c1. The van der Waals surface area contributed by atoms with E-state index in [1.807, 2.05) is 25.1 Å². The Morgan fingerprint density at radius 1 is 1.07 bits per heavy atom. The number of amides is 1. The Bertz CT molecular complexity index is 765. The Morgan fingerprint density at radius 3 is 2.41 bits per heavy atom. The maximum absolute atomic E-state index is 12.5. The predicted octanol–water partition coefficient (Wildman–Crippen LogP) is 3.87. The number of anilines is 3. The van der Waals surface area contributed by atoms with E-state index in [1.165, 1.54) is 24.9 Å². The molecule has 1 aromatic carbocycles. The first-order chi connectivity index (χ1) is 13.1. The number of hydrogen-bond acceptors (Lipinski definition) is 5. The lowest BCUT2D eigenvalue weighted by atomic mass is 10.1. The molecule has 2 aromatic rings. The third-order valence-corrected chi connectivity index (χ3v) is 5.15. The Balaban J connectivity index is 1.68. The first kappa shape index (κ1) is 19.1. The molecule has 2 heterocycles. The molecular weight excluding hydrogens is 338 g/mol. The van der Waals surface area contributed by atoms with Gasteiger partial charge in [0.25, 0.3) is 5.91 Å². The van der Waals surface area contributed by atoms with Gasteiger partial charge in [0.2, 0.25) is 0 Å². The third kappa shape index (κ3) is 4.56. The minimum atomic E-state index is -0.230. The van der Waals surface area contributed by atoms with Crippen LogP contribution in [0.25, 0.3) is 0 Å². The van der Waals surface area contributed by atoms with E-state index in [9.17, 15) is 4.79 Å². The van der Waals surface area contributed by atoms with E-state index in [-0.39, 0.29) is 5.91 Å². The second kappa shape index (κ2) is 8.84. The lowest BCUT2D eigenvalue weighted by Gasteiger charge is -2.27. The highest BCUT2D eigenvalue weighted by Crippen LogP contribution is 2.23. The van der Waals surface area contributed by atoms with Crippen LogP contribution in [0.2, 0.25) is 0 Å². The molecule has 0 radical (unpaired) electrons. The number of piperidine rings is 1. The van der Waals surface area contributed by atoms with Crippen LogP contribution in [0.5, 0.6) is 0 Å². The van der Waals surface area contributed by atoms with Gasteiger partial charge in [-0.25, -0.2) is 0 Å². The van der Waals surface area contributed by atoms with Crippen LogP contribution in [0.1, 0.15) is 49.2 Å². The summed E-state index contributed by atoms with van der Waals surface area (Å²) < 4.78 is 0. The number of carbonyl (C=O) groups is 1. The lowest BCUT2D eigenvalue weighted by molar-refractivity contribution is 0.102.